The van der Waals surface area contributed by atoms with Crippen molar-refractivity contribution in [1.82, 2.24) is 25.0 Å². The molecule has 4 amide bonds. The minimum atomic E-state index is -0.476. The quantitative estimate of drug-likeness (QED) is 0.364. The van der Waals surface area contributed by atoms with Crippen molar-refractivity contribution in [2.45, 2.75) is 37.7 Å². The number of H-pyrrole nitrogens is 1. The Kier molecular flexibility index (Phi) is 5.98. The van der Waals surface area contributed by atoms with Crippen LogP contribution in [0.15, 0.2) is 30.3 Å². The second-order valence-corrected chi connectivity index (χ2v) is 8.82. The molecule has 2 fully saturated rings. The summed E-state index contributed by atoms with van der Waals surface area (Å²) in [6.07, 6.45) is 2.54. The van der Waals surface area contributed by atoms with Gasteiger partial charge in [0.2, 0.25) is 18.2 Å². The third-order valence-corrected chi connectivity index (χ3v) is 6.58. The summed E-state index contributed by atoms with van der Waals surface area (Å²) in [6, 6.07) is 8.98. The maximum atomic E-state index is 12.8. The lowest BCUT2D eigenvalue weighted by Gasteiger charge is -2.32. The average Bonchev–Trinajstić information content (AvgIpc) is 3.45. The number of hydrogen-bond donors (Lipinski definition) is 3. The molecule has 5 rings (SSSR count). The first kappa shape index (κ1) is 22.6. The number of nitrogens with zero attached hydrogens (tertiary/aromatic N) is 3. The lowest BCUT2D eigenvalue weighted by molar-refractivity contribution is -0.134. The van der Waals surface area contributed by atoms with Crippen LogP contribution in [0.1, 0.15) is 47.8 Å². The second-order valence-electron chi connectivity index (χ2n) is 8.82. The average molecular weight is 479 g/mol. The van der Waals surface area contributed by atoms with Gasteiger partial charge in [-0.05, 0) is 24.6 Å². The minimum absolute atomic E-state index is 0.0745. The van der Waals surface area contributed by atoms with E-state index in [4.69, 9.17) is 4.74 Å². The molecule has 3 N–H and O–H groups in total. The van der Waals surface area contributed by atoms with Gasteiger partial charge in [0.25, 0.3) is 5.91 Å². The molecule has 0 saturated carbocycles. The highest BCUT2D eigenvalue weighted by Crippen LogP contribution is 2.35. The number of hydrogen-bond acceptors (Lipinski definition) is 6. The number of imide groups is 1. The first-order valence-electron chi connectivity index (χ1n) is 11.6. The van der Waals surface area contributed by atoms with Gasteiger partial charge in [0.15, 0.2) is 0 Å². The minimum Gasteiger partial charge on any atom is -0.488 e. The number of aromatic amines is 1. The molecule has 2 aromatic heterocycles. The first-order valence-corrected chi connectivity index (χ1v) is 11.6. The number of para-hydroxylation sites is 1. The molecule has 11 nitrogen and oxygen atoms in total. The summed E-state index contributed by atoms with van der Waals surface area (Å²) in [5.74, 6) is -0.0196. The summed E-state index contributed by atoms with van der Waals surface area (Å²) >= 11 is 0. The van der Waals surface area contributed by atoms with E-state index in [2.05, 4.69) is 20.7 Å². The molecule has 0 spiro atoms. The summed E-state index contributed by atoms with van der Waals surface area (Å²) in [6.45, 7) is 1.09. The van der Waals surface area contributed by atoms with Crippen molar-refractivity contribution in [3.8, 4) is 5.75 Å². The maximum absolute atomic E-state index is 12.8. The SMILES string of the molecule is Cn1nc(C2CCC(=O)NC2=O)c2cccc(OC3CCN(C(=O)c4ccc(NC=O)[nH]4)CC3)c21. The predicted octanol–water partition coefficient (Wildman–Crippen LogP) is 1.67. The second kappa shape index (κ2) is 9.24. The van der Waals surface area contributed by atoms with Gasteiger partial charge < -0.3 is 19.9 Å². The van der Waals surface area contributed by atoms with Crippen LogP contribution in [0, 0.1) is 0 Å². The molecule has 11 heteroatoms. The van der Waals surface area contributed by atoms with Crippen LogP contribution in [0.3, 0.4) is 0 Å². The van der Waals surface area contributed by atoms with E-state index in [9.17, 15) is 19.2 Å². The van der Waals surface area contributed by atoms with Gasteiger partial charge in [-0.2, -0.15) is 5.10 Å². The van der Waals surface area contributed by atoms with Crippen molar-refractivity contribution in [1.29, 1.82) is 0 Å². The Hall–Kier alpha value is -4.15. The van der Waals surface area contributed by atoms with Gasteiger partial charge in [-0.15, -0.1) is 0 Å². The standard InChI is InChI=1S/C24H26N6O5/c1-29-22-15(21(28-29)16-5-8-20(32)27-23(16)33)3-2-4-18(22)35-14-9-11-30(12-10-14)24(34)17-6-7-19(26-17)25-13-31/h2-4,6-7,13-14,16,26H,5,8-12H2,1H3,(H,25,31)(H,27,32,33). The fraction of sp³-hybridized carbons (Fsp3) is 0.375. The van der Waals surface area contributed by atoms with Crippen molar-refractivity contribution < 1.29 is 23.9 Å². The van der Waals surface area contributed by atoms with Crippen LogP contribution in [-0.4, -0.2) is 63.0 Å². The van der Waals surface area contributed by atoms with E-state index >= 15 is 0 Å². The number of aryl methyl sites for hydroxylation is 1. The molecule has 0 radical (unpaired) electrons. The van der Waals surface area contributed by atoms with Gasteiger partial charge in [0.1, 0.15) is 28.9 Å². The smallest absolute Gasteiger partial charge is 0.270 e. The van der Waals surface area contributed by atoms with Crippen molar-refractivity contribution in [2.75, 3.05) is 18.4 Å². The summed E-state index contributed by atoms with van der Waals surface area (Å²) in [5, 5.41) is 10.3. The Balaban J connectivity index is 1.28. The largest absolute Gasteiger partial charge is 0.488 e. The molecule has 1 aromatic carbocycles. The molecule has 0 aliphatic carbocycles. The van der Waals surface area contributed by atoms with Crippen LogP contribution < -0.4 is 15.4 Å². The zero-order valence-corrected chi connectivity index (χ0v) is 19.2. The van der Waals surface area contributed by atoms with Gasteiger partial charge in [0, 0.05) is 44.8 Å². The molecular weight excluding hydrogens is 452 g/mol. The van der Waals surface area contributed by atoms with Crippen LogP contribution in [0.5, 0.6) is 5.75 Å². The van der Waals surface area contributed by atoms with Crippen LogP contribution in [-0.2, 0) is 21.4 Å². The Labute approximate surface area is 200 Å². The molecule has 0 bridgehead atoms. The summed E-state index contributed by atoms with van der Waals surface area (Å²) in [5.41, 5.74) is 1.87. The number of carbonyl (C=O) groups is 4. The topological polar surface area (TPSA) is 138 Å². The molecule has 2 aliphatic rings. The summed E-state index contributed by atoms with van der Waals surface area (Å²) < 4.78 is 8.07. The molecule has 2 aliphatic heterocycles. The zero-order chi connectivity index (χ0) is 24.5. The number of benzene rings is 1. The number of aromatic nitrogens is 3. The number of nitrogens with one attached hydrogen (secondary N) is 3. The third kappa shape index (κ3) is 4.36. The van der Waals surface area contributed by atoms with Gasteiger partial charge in [-0.1, -0.05) is 12.1 Å². The predicted molar refractivity (Wildman–Crippen MR) is 126 cm³/mol. The Bertz CT molecular complexity index is 1300. The van der Waals surface area contributed by atoms with Crippen molar-refractivity contribution >= 4 is 40.9 Å². The number of carbonyl (C=O) groups excluding carboxylic acids is 4. The highest BCUT2D eigenvalue weighted by atomic mass is 16.5. The van der Waals surface area contributed by atoms with Gasteiger partial charge >= 0.3 is 0 Å². The van der Waals surface area contributed by atoms with E-state index in [1.807, 2.05) is 25.2 Å². The Morgan fingerprint density at radius 2 is 1.97 bits per heavy atom. The number of likely N-dealkylation sites (tertiary alicyclic amines) is 1. The highest BCUT2D eigenvalue weighted by molar-refractivity contribution is 6.03. The Morgan fingerprint density at radius 1 is 1.17 bits per heavy atom. The molecule has 182 valence electrons. The zero-order valence-electron chi connectivity index (χ0n) is 19.2. The lowest BCUT2D eigenvalue weighted by Crippen LogP contribution is -2.42. The number of rotatable bonds is 6. The molecule has 4 heterocycles. The molecule has 1 unspecified atom stereocenters. The van der Waals surface area contributed by atoms with Crippen LogP contribution >= 0.6 is 0 Å². The molecule has 3 aromatic rings. The summed E-state index contributed by atoms with van der Waals surface area (Å²) in [4.78, 5) is 52.0. The van der Waals surface area contributed by atoms with Gasteiger partial charge in [-0.25, -0.2) is 0 Å². The number of anilines is 1. The van der Waals surface area contributed by atoms with E-state index in [0.717, 1.165) is 10.9 Å². The fourth-order valence-electron chi connectivity index (χ4n) is 4.83. The first-order chi connectivity index (χ1) is 16.9. The van der Waals surface area contributed by atoms with E-state index in [0.29, 0.717) is 68.1 Å². The molecule has 2 saturated heterocycles. The number of fused-ring (bicyclic) bond motifs is 1. The number of ether oxygens (including phenoxy) is 1. The normalized spacial score (nSPS) is 19.0. The lowest BCUT2D eigenvalue weighted by atomic mass is 9.93. The van der Waals surface area contributed by atoms with Crippen molar-refractivity contribution in [2.24, 2.45) is 7.05 Å². The number of piperidine rings is 2. The molecular formula is C24H26N6O5. The van der Waals surface area contributed by atoms with E-state index in [-0.39, 0.29) is 23.8 Å². The van der Waals surface area contributed by atoms with E-state index in [1.165, 1.54) is 0 Å². The van der Waals surface area contributed by atoms with Crippen LogP contribution in [0.2, 0.25) is 0 Å². The molecule has 35 heavy (non-hydrogen) atoms. The third-order valence-electron chi connectivity index (χ3n) is 6.58. The van der Waals surface area contributed by atoms with Crippen molar-refractivity contribution in [3.05, 3.63) is 41.7 Å². The molecule has 1 atom stereocenters. The maximum Gasteiger partial charge on any atom is 0.270 e. The summed E-state index contributed by atoms with van der Waals surface area (Å²) in [7, 11) is 1.82. The van der Waals surface area contributed by atoms with Crippen LogP contribution in [0.25, 0.3) is 10.9 Å². The van der Waals surface area contributed by atoms with E-state index < -0.39 is 5.92 Å². The van der Waals surface area contributed by atoms with Crippen LogP contribution in [0.4, 0.5) is 5.82 Å². The van der Waals surface area contributed by atoms with Gasteiger partial charge in [0.05, 0.1) is 11.6 Å². The van der Waals surface area contributed by atoms with Gasteiger partial charge in [-0.3, -0.25) is 29.2 Å². The number of amides is 4. The monoisotopic (exact) mass is 478 g/mol. The fourth-order valence-corrected chi connectivity index (χ4v) is 4.83. The van der Waals surface area contributed by atoms with Crippen molar-refractivity contribution in [3.63, 3.8) is 0 Å². The van der Waals surface area contributed by atoms with E-state index in [1.54, 1.807) is 21.7 Å². The highest BCUT2D eigenvalue weighted by Gasteiger charge is 2.32. The Morgan fingerprint density at radius 3 is 2.71 bits per heavy atom.